The smallest absolute Gasteiger partial charge is 0.340 e. The van der Waals surface area contributed by atoms with Crippen LogP contribution in [0.15, 0.2) is 144 Å². The van der Waals surface area contributed by atoms with Crippen molar-refractivity contribution in [2.75, 3.05) is 0 Å². The van der Waals surface area contributed by atoms with E-state index < -0.39 is 54.6 Å². The van der Waals surface area contributed by atoms with Crippen LogP contribution in [-0.2, 0) is 23.7 Å². The number of aromatic nitrogens is 1. The van der Waals surface area contributed by atoms with Crippen LogP contribution in [0, 0.1) is 0 Å². The summed E-state index contributed by atoms with van der Waals surface area (Å²) in [6, 6.07) is 37.9. The summed E-state index contributed by atoms with van der Waals surface area (Å²) in [4.78, 5) is 67.4. The van der Waals surface area contributed by atoms with Crippen molar-refractivity contribution in [3.63, 3.8) is 0 Å². The first-order valence-electron chi connectivity index (χ1n) is 17.2. The SMILES string of the molecule is CCC1OC(OC(=O)c2ccc(-n3sc4ccccc4c3=O)cc2)C(OC(=O)c2ccccc2)C(OC(=O)c2ccccc2)C1OC(=O)c1ccccc1. The maximum Gasteiger partial charge on any atom is 0.340 e. The molecule has 5 aromatic carbocycles. The van der Waals surface area contributed by atoms with Gasteiger partial charge in [0.25, 0.3) is 5.56 Å². The average Bonchev–Trinajstić information content (AvgIpc) is 3.56. The first-order valence-corrected chi connectivity index (χ1v) is 17.9. The van der Waals surface area contributed by atoms with Crippen LogP contribution in [0.5, 0.6) is 0 Å². The molecule has 12 heteroatoms. The molecule has 5 unspecified atom stereocenters. The summed E-state index contributed by atoms with van der Waals surface area (Å²) in [6.07, 6.45) is -6.74. The van der Waals surface area contributed by atoms with Gasteiger partial charge in [0.05, 0.1) is 38.0 Å². The first kappa shape index (κ1) is 36.0. The van der Waals surface area contributed by atoms with E-state index in [4.69, 9.17) is 23.7 Å². The highest BCUT2D eigenvalue weighted by molar-refractivity contribution is 7.14. The second-order valence-corrected chi connectivity index (χ2v) is 13.3. The number of carbonyl (C=O) groups is 4. The summed E-state index contributed by atoms with van der Waals surface area (Å²) < 4.78 is 32.5. The van der Waals surface area contributed by atoms with Crippen molar-refractivity contribution in [1.29, 1.82) is 0 Å². The molecule has 2 heterocycles. The van der Waals surface area contributed by atoms with Gasteiger partial charge >= 0.3 is 23.9 Å². The molecule has 7 rings (SSSR count). The number of benzene rings is 5. The summed E-state index contributed by atoms with van der Waals surface area (Å²) in [7, 11) is 0. The molecule has 1 fully saturated rings. The number of nitrogens with zero attached hydrogens (tertiary/aromatic N) is 1. The summed E-state index contributed by atoms with van der Waals surface area (Å²) in [5, 5.41) is 0.581. The van der Waals surface area contributed by atoms with E-state index in [2.05, 4.69) is 0 Å². The number of carbonyl (C=O) groups excluding carboxylic acids is 4. The standard InChI is InChI=1S/C42H33NO10S/c1-2-32-34(50-38(45)26-14-6-3-7-15-26)35(51-39(46)27-16-8-4-9-17-27)36(52-40(47)28-18-10-5-11-19-28)42(49-32)53-41(48)29-22-24-30(25-23-29)43-37(44)31-20-12-13-21-33(31)54-43/h3-25,32,34-36,42H,2H2,1H3. The summed E-state index contributed by atoms with van der Waals surface area (Å²) in [5.41, 5.74) is 1.04. The average molecular weight is 744 g/mol. The highest BCUT2D eigenvalue weighted by Crippen LogP contribution is 2.33. The Morgan fingerprint density at radius 3 is 1.52 bits per heavy atom. The van der Waals surface area contributed by atoms with Crippen LogP contribution in [-0.4, -0.2) is 58.5 Å². The molecule has 0 aliphatic carbocycles. The Labute approximate surface area is 313 Å². The lowest BCUT2D eigenvalue weighted by Crippen LogP contribution is -2.62. The highest BCUT2D eigenvalue weighted by Gasteiger charge is 2.53. The van der Waals surface area contributed by atoms with E-state index in [0.717, 1.165) is 4.70 Å². The van der Waals surface area contributed by atoms with E-state index in [9.17, 15) is 24.0 Å². The molecule has 5 atom stereocenters. The lowest BCUT2D eigenvalue weighted by molar-refractivity contribution is -0.278. The van der Waals surface area contributed by atoms with Crippen LogP contribution < -0.4 is 5.56 Å². The van der Waals surface area contributed by atoms with Gasteiger partial charge < -0.3 is 23.7 Å². The van der Waals surface area contributed by atoms with Crippen molar-refractivity contribution >= 4 is 45.5 Å². The number of fused-ring (bicyclic) bond motifs is 1. The lowest BCUT2D eigenvalue weighted by atomic mass is 9.96. The summed E-state index contributed by atoms with van der Waals surface area (Å²) >= 11 is 1.27. The Bertz CT molecular complexity index is 2320. The van der Waals surface area contributed by atoms with Crippen molar-refractivity contribution < 1.29 is 42.9 Å². The zero-order valence-corrected chi connectivity index (χ0v) is 29.6. The molecule has 0 radical (unpaired) electrons. The normalized spacial score (nSPS) is 19.4. The topological polar surface area (TPSA) is 136 Å². The van der Waals surface area contributed by atoms with E-state index in [1.54, 1.807) is 110 Å². The predicted molar refractivity (Wildman–Crippen MR) is 199 cm³/mol. The van der Waals surface area contributed by atoms with Crippen LogP contribution >= 0.6 is 11.5 Å². The van der Waals surface area contributed by atoms with Gasteiger partial charge in [-0.3, -0.25) is 4.79 Å². The first-order chi connectivity index (χ1) is 26.3. The van der Waals surface area contributed by atoms with E-state index in [1.165, 1.54) is 39.8 Å². The summed E-state index contributed by atoms with van der Waals surface area (Å²) in [6.45, 7) is 1.76. The molecule has 0 saturated carbocycles. The molecule has 1 aliphatic heterocycles. The third kappa shape index (κ3) is 7.70. The molecule has 1 aliphatic rings. The van der Waals surface area contributed by atoms with Gasteiger partial charge in [-0.25, -0.2) is 23.1 Å². The maximum atomic E-state index is 13.8. The van der Waals surface area contributed by atoms with Gasteiger partial charge in [-0.15, -0.1) is 0 Å². The Balaban J connectivity index is 1.22. The van der Waals surface area contributed by atoms with E-state index in [1.807, 2.05) is 12.1 Å². The minimum Gasteiger partial charge on any atom is -0.452 e. The molecule has 0 amide bonds. The fraction of sp³-hybridized carbons (Fsp3) is 0.167. The number of hydrogen-bond acceptors (Lipinski definition) is 11. The number of hydrogen-bond donors (Lipinski definition) is 0. The van der Waals surface area contributed by atoms with Crippen molar-refractivity contribution in [1.82, 2.24) is 3.96 Å². The van der Waals surface area contributed by atoms with E-state index in [0.29, 0.717) is 11.1 Å². The second kappa shape index (κ2) is 16.1. The van der Waals surface area contributed by atoms with Crippen molar-refractivity contribution in [2.24, 2.45) is 0 Å². The fourth-order valence-corrected chi connectivity index (χ4v) is 7.05. The Kier molecular flexibility index (Phi) is 10.7. The molecule has 1 saturated heterocycles. The minimum atomic E-state index is -1.61. The van der Waals surface area contributed by atoms with Crippen molar-refractivity contribution in [3.8, 4) is 5.69 Å². The van der Waals surface area contributed by atoms with Crippen LogP contribution in [0.1, 0.15) is 54.8 Å². The molecule has 11 nitrogen and oxygen atoms in total. The molecule has 0 spiro atoms. The van der Waals surface area contributed by atoms with Gasteiger partial charge in [-0.2, -0.15) is 0 Å². The summed E-state index contributed by atoms with van der Waals surface area (Å²) in [5.74, 6) is -3.20. The van der Waals surface area contributed by atoms with Crippen molar-refractivity contribution in [3.05, 3.63) is 172 Å². The van der Waals surface area contributed by atoms with E-state index >= 15 is 0 Å². The quantitative estimate of drug-likeness (QED) is 0.106. The van der Waals surface area contributed by atoms with Crippen molar-refractivity contribution in [2.45, 2.75) is 44.1 Å². The molecular formula is C42H33NO10S. The zero-order valence-electron chi connectivity index (χ0n) is 28.8. The lowest BCUT2D eigenvalue weighted by Gasteiger charge is -2.44. The van der Waals surface area contributed by atoms with Gasteiger partial charge in [0.1, 0.15) is 6.10 Å². The van der Waals surface area contributed by atoms with Crippen LogP contribution in [0.25, 0.3) is 15.8 Å². The highest BCUT2D eigenvalue weighted by atomic mass is 32.1. The monoisotopic (exact) mass is 743 g/mol. The molecule has 1 aromatic heterocycles. The zero-order chi connectivity index (χ0) is 37.6. The molecule has 0 N–H and O–H groups in total. The molecular weight excluding hydrogens is 711 g/mol. The number of ether oxygens (including phenoxy) is 5. The molecule has 54 heavy (non-hydrogen) atoms. The second-order valence-electron chi connectivity index (χ2n) is 12.3. The fourth-order valence-electron chi connectivity index (χ4n) is 6.05. The van der Waals surface area contributed by atoms with Gasteiger partial charge in [-0.05, 0) is 79.2 Å². The van der Waals surface area contributed by atoms with E-state index in [-0.39, 0.29) is 34.2 Å². The van der Waals surface area contributed by atoms with Crippen LogP contribution in [0.3, 0.4) is 0 Å². The van der Waals surface area contributed by atoms with Gasteiger partial charge in [0, 0.05) is 0 Å². The third-order valence-corrected chi connectivity index (χ3v) is 9.92. The van der Waals surface area contributed by atoms with Gasteiger partial charge in [0.2, 0.25) is 12.4 Å². The Morgan fingerprint density at radius 1 is 0.556 bits per heavy atom. The predicted octanol–water partition coefficient (Wildman–Crippen LogP) is 7.02. The largest absolute Gasteiger partial charge is 0.452 e. The number of esters is 4. The minimum absolute atomic E-state index is 0.105. The van der Waals surface area contributed by atoms with Crippen LogP contribution in [0.2, 0.25) is 0 Å². The molecule has 6 aromatic rings. The maximum absolute atomic E-state index is 13.8. The van der Waals surface area contributed by atoms with Gasteiger partial charge in [0.15, 0.2) is 12.2 Å². The molecule has 0 bridgehead atoms. The molecule has 272 valence electrons. The Hall–Kier alpha value is -6.37. The number of rotatable bonds is 10. The van der Waals surface area contributed by atoms with Gasteiger partial charge in [-0.1, -0.05) is 85.2 Å². The van der Waals surface area contributed by atoms with Crippen LogP contribution in [0.4, 0.5) is 0 Å². The Morgan fingerprint density at radius 2 is 1.00 bits per heavy atom. The third-order valence-electron chi connectivity index (χ3n) is 8.80.